The second-order valence-electron chi connectivity index (χ2n) is 7.64. The van der Waals surface area contributed by atoms with Crippen molar-refractivity contribution >= 4 is 40.3 Å². The first-order chi connectivity index (χ1) is 16.9. The number of hydrazone groups is 1. The lowest BCUT2D eigenvalue weighted by Crippen LogP contribution is -2.20. The highest BCUT2D eigenvalue weighted by Crippen LogP contribution is 2.21. The molecule has 0 aliphatic heterocycles. The summed E-state index contributed by atoms with van der Waals surface area (Å²) in [6.45, 7) is 0.00969. The summed E-state index contributed by atoms with van der Waals surface area (Å²) in [4.78, 5) is 35.4. The maximum Gasteiger partial charge on any atom is 0.273 e. The van der Waals surface area contributed by atoms with Gasteiger partial charge in [-0.2, -0.15) is 5.10 Å². The van der Waals surface area contributed by atoms with Gasteiger partial charge in [0.1, 0.15) is 12.4 Å². The number of hydrogen-bond donors (Lipinski definition) is 2. The lowest BCUT2D eigenvalue weighted by atomic mass is 10.1. The predicted molar refractivity (Wildman–Crippen MR) is 130 cm³/mol. The summed E-state index contributed by atoms with van der Waals surface area (Å²) in [5.41, 5.74) is 4.48. The molecular weight excluding hydrogens is 453 g/mol. The number of anilines is 1. The van der Waals surface area contributed by atoms with E-state index in [1.54, 1.807) is 16.8 Å². The van der Waals surface area contributed by atoms with Crippen LogP contribution in [0.4, 0.5) is 15.8 Å². The van der Waals surface area contributed by atoms with Crippen LogP contribution in [-0.4, -0.2) is 27.5 Å². The van der Waals surface area contributed by atoms with Crippen molar-refractivity contribution < 1.29 is 18.9 Å². The van der Waals surface area contributed by atoms with Crippen LogP contribution < -0.4 is 10.7 Å². The molecular formula is C25H20FN5O4. The van der Waals surface area contributed by atoms with E-state index in [-0.39, 0.29) is 30.1 Å². The number of amides is 2. The Labute approximate surface area is 199 Å². The molecule has 0 spiro atoms. The number of halogens is 1. The second-order valence-corrected chi connectivity index (χ2v) is 7.64. The number of hydrogen-bond acceptors (Lipinski definition) is 5. The minimum Gasteiger partial charge on any atom is -0.337 e. The monoisotopic (exact) mass is 473 g/mol. The number of benzene rings is 3. The van der Waals surface area contributed by atoms with Gasteiger partial charge in [0.2, 0.25) is 11.8 Å². The molecule has 0 atom stereocenters. The lowest BCUT2D eigenvalue weighted by molar-refractivity contribution is -0.385. The molecule has 9 nitrogen and oxygen atoms in total. The molecule has 0 aliphatic carbocycles. The minimum atomic E-state index is -0.535. The van der Waals surface area contributed by atoms with E-state index in [0.717, 1.165) is 10.9 Å². The van der Waals surface area contributed by atoms with Crippen LogP contribution in [0.1, 0.15) is 11.1 Å². The average molecular weight is 473 g/mol. The van der Waals surface area contributed by atoms with Crippen molar-refractivity contribution in [3.05, 3.63) is 106 Å². The fraction of sp³-hybridized carbons (Fsp3) is 0.0800. The number of nitro groups is 1. The fourth-order valence-corrected chi connectivity index (χ4v) is 3.62. The number of rotatable bonds is 8. The molecule has 3 aromatic carbocycles. The van der Waals surface area contributed by atoms with Gasteiger partial charge < -0.3 is 9.88 Å². The molecule has 1 aromatic heterocycles. The van der Waals surface area contributed by atoms with Crippen LogP contribution in [0.3, 0.4) is 0 Å². The maximum absolute atomic E-state index is 13.1. The van der Waals surface area contributed by atoms with Crippen LogP contribution in [0.5, 0.6) is 0 Å². The Morgan fingerprint density at radius 3 is 2.49 bits per heavy atom. The van der Waals surface area contributed by atoms with Gasteiger partial charge in [-0.05, 0) is 30.3 Å². The van der Waals surface area contributed by atoms with Gasteiger partial charge in [0.25, 0.3) is 5.69 Å². The highest BCUT2D eigenvalue weighted by molar-refractivity contribution is 6.00. The Hall–Kier alpha value is -4.86. The molecule has 4 aromatic rings. The third-order valence-electron chi connectivity index (χ3n) is 5.19. The number of nitrogens with zero attached hydrogens (tertiary/aromatic N) is 3. The zero-order valence-electron chi connectivity index (χ0n) is 18.3. The molecule has 0 bridgehead atoms. The van der Waals surface area contributed by atoms with E-state index >= 15 is 0 Å². The number of aromatic nitrogens is 1. The fourth-order valence-electron chi connectivity index (χ4n) is 3.62. The molecule has 10 heteroatoms. The van der Waals surface area contributed by atoms with Gasteiger partial charge >= 0.3 is 0 Å². The number of carbonyl (C=O) groups excluding carboxylic acids is 2. The number of fused-ring (bicyclic) bond motifs is 1. The van der Waals surface area contributed by atoms with Gasteiger partial charge in [0, 0.05) is 40.0 Å². The van der Waals surface area contributed by atoms with E-state index in [1.807, 2.05) is 24.3 Å². The summed E-state index contributed by atoms with van der Waals surface area (Å²) in [6.07, 6.45) is 2.99. The summed E-state index contributed by atoms with van der Waals surface area (Å²) >= 11 is 0. The van der Waals surface area contributed by atoms with Gasteiger partial charge in [-0.15, -0.1) is 0 Å². The average Bonchev–Trinajstić information content (AvgIpc) is 3.18. The van der Waals surface area contributed by atoms with Gasteiger partial charge in [-0.25, -0.2) is 9.82 Å². The number of carbonyl (C=O) groups is 2. The molecule has 0 aliphatic rings. The number of nitrogens with one attached hydrogen (secondary N) is 2. The molecule has 2 N–H and O–H groups in total. The van der Waals surface area contributed by atoms with E-state index in [9.17, 15) is 24.1 Å². The summed E-state index contributed by atoms with van der Waals surface area (Å²) in [5, 5.41) is 18.6. The van der Waals surface area contributed by atoms with E-state index < -0.39 is 16.6 Å². The minimum absolute atomic E-state index is 0.00969. The SMILES string of the molecule is O=C(Cc1ccccc1[N+](=O)[O-])N/N=C/c1cn(CC(=O)Nc2ccc(F)cc2)c2ccccc12. The first-order valence-electron chi connectivity index (χ1n) is 10.6. The normalized spacial score (nSPS) is 11.0. The third kappa shape index (κ3) is 5.74. The molecule has 0 radical (unpaired) electrons. The van der Waals surface area contributed by atoms with E-state index in [2.05, 4.69) is 15.8 Å². The highest BCUT2D eigenvalue weighted by atomic mass is 19.1. The van der Waals surface area contributed by atoms with Crippen molar-refractivity contribution in [2.45, 2.75) is 13.0 Å². The smallest absolute Gasteiger partial charge is 0.273 e. The largest absolute Gasteiger partial charge is 0.337 e. The molecule has 2 amide bonds. The lowest BCUT2D eigenvalue weighted by Gasteiger charge is -2.07. The number of para-hydroxylation sites is 2. The summed E-state index contributed by atoms with van der Waals surface area (Å²) < 4.78 is 14.8. The molecule has 0 saturated carbocycles. The van der Waals surface area contributed by atoms with Crippen LogP contribution in [0.15, 0.2) is 84.1 Å². The van der Waals surface area contributed by atoms with Gasteiger partial charge in [-0.1, -0.05) is 36.4 Å². The van der Waals surface area contributed by atoms with E-state index in [1.165, 1.54) is 48.7 Å². The van der Waals surface area contributed by atoms with Crippen molar-refractivity contribution in [2.75, 3.05) is 5.32 Å². The van der Waals surface area contributed by atoms with Crippen LogP contribution in [-0.2, 0) is 22.6 Å². The van der Waals surface area contributed by atoms with Crippen LogP contribution in [0.25, 0.3) is 10.9 Å². The highest BCUT2D eigenvalue weighted by Gasteiger charge is 2.15. The van der Waals surface area contributed by atoms with Crippen LogP contribution >= 0.6 is 0 Å². The van der Waals surface area contributed by atoms with E-state index in [0.29, 0.717) is 11.3 Å². The van der Waals surface area contributed by atoms with Crippen molar-refractivity contribution in [3.63, 3.8) is 0 Å². The Bertz CT molecular complexity index is 1430. The van der Waals surface area contributed by atoms with Crippen molar-refractivity contribution in [2.24, 2.45) is 5.10 Å². The first-order valence-corrected chi connectivity index (χ1v) is 10.6. The Balaban J connectivity index is 1.45. The topological polar surface area (TPSA) is 119 Å². The van der Waals surface area contributed by atoms with Crippen molar-refractivity contribution in [1.82, 2.24) is 9.99 Å². The molecule has 35 heavy (non-hydrogen) atoms. The number of nitro benzene ring substituents is 1. The summed E-state index contributed by atoms with van der Waals surface area (Å²) in [6, 6.07) is 18.9. The Morgan fingerprint density at radius 2 is 1.71 bits per heavy atom. The van der Waals surface area contributed by atoms with Crippen molar-refractivity contribution in [1.29, 1.82) is 0 Å². The Morgan fingerprint density at radius 1 is 1.00 bits per heavy atom. The summed E-state index contributed by atoms with van der Waals surface area (Å²) in [7, 11) is 0. The van der Waals surface area contributed by atoms with E-state index in [4.69, 9.17) is 0 Å². The molecule has 0 unspecified atom stereocenters. The summed E-state index contributed by atoms with van der Waals surface area (Å²) in [5.74, 6) is -1.19. The second kappa shape index (κ2) is 10.4. The Kier molecular flexibility index (Phi) is 6.91. The van der Waals surface area contributed by atoms with Gasteiger partial charge in [-0.3, -0.25) is 19.7 Å². The van der Waals surface area contributed by atoms with Gasteiger partial charge in [0.05, 0.1) is 17.6 Å². The zero-order chi connectivity index (χ0) is 24.8. The quantitative estimate of drug-likeness (QED) is 0.228. The zero-order valence-corrected chi connectivity index (χ0v) is 18.3. The third-order valence-corrected chi connectivity index (χ3v) is 5.19. The molecule has 1 heterocycles. The molecule has 176 valence electrons. The first kappa shape index (κ1) is 23.3. The molecule has 4 rings (SSSR count). The standard InChI is InChI=1S/C25H20FN5O4/c26-19-9-11-20(12-10-19)28-25(33)16-30-15-18(21-6-2-4-8-23(21)30)14-27-29-24(32)13-17-5-1-3-7-22(17)31(34)35/h1-12,14-15H,13,16H2,(H,28,33)(H,29,32)/b27-14+. The maximum atomic E-state index is 13.1. The van der Waals surface area contributed by atoms with Crippen molar-refractivity contribution in [3.8, 4) is 0 Å². The van der Waals surface area contributed by atoms with Gasteiger partial charge in [0.15, 0.2) is 0 Å². The van der Waals surface area contributed by atoms with Crippen LogP contribution in [0, 0.1) is 15.9 Å². The van der Waals surface area contributed by atoms with Crippen LogP contribution in [0.2, 0.25) is 0 Å². The molecule has 0 saturated heterocycles. The molecule has 0 fully saturated rings. The predicted octanol–water partition coefficient (Wildman–Crippen LogP) is 4.02.